The third-order valence-electron chi connectivity index (χ3n) is 5.01. The maximum Gasteiger partial charge on any atom is 0.339 e. The van der Waals surface area contributed by atoms with E-state index < -0.39 is 6.03 Å². The van der Waals surface area contributed by atoms with Crippen molar-refractivity contribution in [2.45, 2.75) is 6.54 Å². The van der Waals surface area contributed by atoms with Crippen molar-refractivity contribution >= 4 is 40.2 Å². The number of fused-ring (bicyclic) bond motifs is 1. The number of hydrogen-bond donors (Lipinski definition) is 4. The van der Waals surface area contributed by atoms with Crippen LogP contribution in [0.25, 0.3) is 22.2 Å². The lowest BCUT2D eigenvalue weighted by molar-refractivity contribution is 0.0360. The molecule has 2 amide bonds. The molecule has 3 aromatic heterocycles. The van der Waals surface area contributed by atoms with Gasteiger partial charge < -0.3 is 10.1 Å². The van der Waals surface area contributed by atoms with Crippen LogP contribution < -0.4 is 21.5 Å². The van der Waals surface area contributed by atoms with Crippen molar-refractivity contribution in [3.05, 3.63) is 36.8 Å². The molecule has 0 spiro atoms. The number of urea groups is 1. The van der Waals surface area contributed by atoms with E-state index in [1.165, 1.54) is 0 Å². The molecule has 3 aromatic rings. The second-order valence-corrected chi connectivity index (χ2v) is 7.60. The fourth-order valence-corrected chi connectivity index (χ4v) is 3.31. The topological polar surface area (TPSA) is 121 Å². The summed E-state index contributed by atoms with van der Waals surface area (Å²) in [6, 6.07) is 4.94. The molecular formula is C20H25N9O2S. The molecule has 1 aliphatic rings. The van der Waals surface area contributed by atoms with E-state index in [0.717, 1.165) is 56.0 Å². The van der Waals surface area contributed by atoms with Crippen LogP contribution in [0.5, 0.6) is 0 Å². The van der Waals surface area contributed by atoms with E-state index in [1.807, 2.05) is 23.1 Å². The molecule has 4 rings (SSSR count). The summed E-state index contributed by atoms with van der Waals surface area (Å²) in [4.78, 5) is 23.3. The van der Waals surface area contributed by atoms with Gasteiger partial charge in [-0.15, -0.1) is 0 Å². The molecular weight excluding hydrogens is 430 g/mol. The molecule has 0 atom stereocenters. The smallest absolute Gasteiger partial charge is 0.339 e. The molecule has 0 unspecified atom stereocenters. The molecule has 32 heavy (non-hydrogen) atoms. The van der Waals surface area contributed by atoms with Crippen LogP contribution in [-0.4, -0.2) is 75.7 Å². The predicted molar refractivity (Wildman–Crippen MR) is 125 cm³/mol. The predicted octanol–water partition coefficient (Wildman–Crippen LogP) is 0.956. The van der Waals surface area contributed by atoms with Crippen molar-refractivity contribution in [1.82, 2.24) is 40.8 Å². The molecule has 4 heterocycles. The monoisotopic (exact) mass is 455 g/mol. The summed E-state index contributed by atoms with van der Waals surface area (Å²) in [5.74, 6) is 0.396. The van der Waals surface area contributed by atoms with Gasteiger partial charge in [-0.1, -0.05) is 0 Å². The fraction of sp³-hybridized carbons (Fsp3) is 0.350. The summed E-state index contributed by atoms with van der Waals surface area (Å²) < 4.78 is 7.33. The lowest BCUT2D eigenvalue weighted by atomic mass is 10.1. The number of nitrogens with one attached hydrogen (secondary N) is 4. The summed E-state index contributed by atoms with van der Waals surface area (Å²) in [5.41, 5.74) is 8.24. The number of morpholine rings is 1. The van der Waals surface area contributed by atoms with Gasteiger partial charge >= 0.3 is 6.03 Å². The molecule has 168 valence electrons. The first-order chi connectivity index (χ1) is 15.6. The van der Waals surface area contributed by atoms with Crippen LogP contribution >= 0.6 is 12.2 Å². The van der Waals surface area contributed by atoms with E-state index in [0.29, 0.717) is 16.4 Å². The largest absolute Gasteiger partial charge is 0.379 e. The van der Waals surface area contributed by atoms with Crippen LogP contribution in [0.2, 0.25) is 0 Å². The average Bonchev–Trinajstić information content (AvgIpc) is 3.30. The van der Waals surface area contributed by atoms with Gasteiger partial charge in [0, 0.05) is 50.2 Å². The number of amides is 2. The van der Waals surface area contributed by atoms with E-state index >= 15 is 0 Å². The molecule has 0 bridgehead atoms. The third-order valence-corrected chi connectivity index (χ3v) is 5.32. The van der Waals surface area contributed by atoms with Crippen molar-refractivity contribution in [3.63, 3.8) is 0 Å². The minimum atomic E-state index is -0.486. The van der Waals surface area contributed by atoms with Crippen LogP contribution in [0.1, 0.15) is 0 Å². The Morgan fingerprint density at radius 1 is 1.12 bits per heavy atom. The Morgan fingerprint density at radius 2 is 1.97 bits per heavy atom. The van der Waals surface area contributed by atoms with E-state index in [1.54, 1.807) is 25.4 Å². The SMILES string of the molecule is CNC(=S)NNC(=O)Nc1ccc2ncc(-c3cnn(CCN4CCOCC4)c3)cc2n1. The molecule has 11 nitrogen and oxygen atoms in total. The van der Waals surface area contributed by atoms with E-state index in [2.05, 4.69) is 41.5 Å². The van der Waals surface area contributed by atoms with Crippen molar-refractivity contribution in [2.24, 2.45) is 0 Å². The number of pyridine rings is 2. The Kier molecular flexibility index (Phi) is 7.04. The van der Waals surface area contributed by atoms with E-state index in [9.17, 15) is 4.79 Å². The van der Waals surface area contributed by atoms with Crippen LogP contribution in [0.3, 0.4) is 0 Å². The van der Waals surface area contributed by atoms with E-state index in [4.69, 9.17) is 17.0 Å². The molecule has 1 fully saturated rings. The minimum Gasteiger partial charge on any atom is -0.379 e. The highest BCUT2D eigenvalue weighted by Crippen LogP contribution is 2.22. The van der Waals surface area contributed by atoms with Crippen molar-refractivity contribution in [3.8, 4) is 11.1 Å². The van der Waals surface area contributed by atoms with Gasteiger partial charge in [-0.25, -0.2) is 15.2 Å². The zero-order chi connectivity index (χ0) is 22.3. The molecule has 4 N–H and O–H groups in total. The van der Waals surface area contributed by atoms with Crippen molar-refractivity contribution in [2.75, 3.05) is 45.2 Å². The highest BCUT2D eigenvalue weighted by molar-refractivity contribution is 7.80. The first-order valence-corrected chi connectivity index (χ1v) is 10.7. The summed E-state index contributed by atoms with van der Waals surface area (Å²) in [5, 5.41) is 10.1. The van der Waals surface area contributed by atoms with Crippen LogP contribution in [-0.2, 0) is 11.3 Å². The van der Waals surface area contributed by atoms with Crippen molar-refractivity contribution in [1.29, 1.82) is 0 Å². The summed E-state index contributed by atoms with van der Waals surface area (Å²) in [7, 11) is 1.65. The van der Waals surface area contributed by atoms with Crippen LogP contribution in [0.4, 0.5) is 10.6 Å². The second kappa shape index (κ2) is 10.3. The summed E-state index contributed by atoms with van der Waals surface area (Å²) in [6.45, 7) is 5.25. The van der Waals surface area contributed by atoms with Crippen LogP contribution in [0.15, 0.2) is 36.8 Å². The van der Waals surface area contributed by atoms with Gasteiger partial charge in [0.05, 0.1) is 37.0 Å². The van der Waals surface area contributed by atoms with Gasteiger partial charge in [-0.3, -0.25) is 25.3 Å². The lowest BCUT2D eigenvalue weighted by Gasteiger charge is -2.26. The fourth-order valence-electron chi connectivity index (χ4n) is 3.26. The molecule has 1 aliphatic heterocycles. The average molecular weight is 456 g/mol. The molecule has 1 saturated heterocycles. The number of hydrogen-bond acceptors (Lipinski definition) is 7. The molecule has 0 radical (unpaired) electrons. The zero-order valence-corrected chi connectivity index (χ0v) is 18.5. The Labute approximate surface area is 190 Å². The third kappa shape index (κ3) is 5.66. The number of aromatic nitrogens is 4. The number of carbonyl (C=O) groups excluding carboxylic acids is 1. The quantitative estimate of drug-likeness (QED) is 0.329. The number of ether oxygens (including phenoxy) is 1. The molecule has 0 saturated carbocycles. The van der Waals surface area contributed by atoms with Crippen LogP contribution in [0, 0.1) is 0 Å². The number of hydrazine groups is 1. The Hall–Kier alpha value is -3.35. The van der Waals surface area contributed by atoms with Gasteiger partial charge in [0.1, 0.15) is 5.82 Å². The second-order valence-electron chi connectivity index (χ2n) is 7.19. The van der Waals surface area contributed by atoms with Gasteiger partial charge in [-0.2, -0.15) is 5.10 Å². The normalized spacial score (nSPS) is 14.2. The molecule has 0 aromatic carbocycles. The maximum absolute atomic E-state index is 12.0. The number of anilines is 1. The lowest BCUT2D eigenvalue weighted by Crippen LogP contribution is -2.47. The zero-order valence-electron chi connectivity index (χ0n) is 17.7. The summed E-state index contributed by atoms with van der Waals surface area (Å²) in [6.07, 6.45) is 5.64. The first-order valence-electron chi connectivity index (χ1n) is 10.2. The Balaban J connectivity index is 1.41. The van der Waals surface area contributed by atoms with Gasteiger partial charge in [0.25, 0.3) is 0 Å². The molecule has 12 heteroatoms. The minimum absolute atomic E-state index is 0.297. The Bertz CT molecular complexity index is 1100. The van der Waals surface area contributed by atoms with Gasteiger partial charge in [0.2, 0.25) is 0 Å². The Morgan fingerprint density at radius 3 is 2.78 bits per heavy atom. The first kappa shape index (κ1) is 21.9. The highest BCUT2D eigenvalue weighted by Gasteiger charge is 2.11. The number of rotatable bonds is 5. The van der Waals surface area contributed by atoms with Crippen molar-refractivity contribution < 1.29 is 9.53 Å². The molecule has 0 aliphatic carbocycles. The number of thiocarbonyl (C=S) groups is 1. The maximum atomic E-state index is 12.0. The highest BCUT2D eigenvalue weighted by atomic mass is 32.1. The van der Waals surface area contributed by atoms with E-state index in [-0.39, 0.29) is 0 Å². The standard InChI is InChI=1S/C20H25N9O2S/c1-21-20(32)27-26-19(30)25-18-3-2-16-17(24-18)10-14(11-22-16)15-12-23-29(13-15)5-4-28-6-8-31-9-7-28/h2-3,10-13H,4-9H2,1H3,(H2,21,27,32)(H2,24,25,26,30). The number of nitrogens with zero attached hydrogens (tertiary/aromatic N) is 5. The van der Waals surface area contributed by atoms with Gasteiger partial charge in [0.15, 0.2) is 5.11 Å². The van der Waals surface area contributed by atoms with Gasteiger partial charge in [-0.05, 0) is 30.4 Å². The summed E-state index contributed by atoms with van der Waals surface area (Å²) >= 11 is 4.91. The number of carbonyl (C=O) groups is 1.